The third-order valence-electron chi connectivity index (χ3n) is 2.49. The van der Waals surface area contributed by atoms with Crippen molar-refractivity contribution in [3.8, 4) is 0 Å². The summed E-state index contributed by atoms with van der Waals surface area (Å²) in [5.41, 5.74) is -0.545. The average molecular weight is 313 g/mol. The van der Waals surface area contributed by atoms with Crippen LogP contribution in [0.3, 0.4) is 0 Å². The van der Waals surface area contributed by atoms with E-state index in [0.717, 1.165) is 12.1 Å². The normalized spacial score (nSPS) is 12.6. The Morgan fingerprint density at radius 2 is 1.86 bits per heavy atom. The molecule has 22 heavy (non-hydrogen) atoms. The van der Waals surface area contributed by atoms with E-state index in [1.807, 2.05) is 5.32 Å². The molecule has 1 N–H and O–H groups in total. The molecule has 1 atom stereocenters. The lowest BCUT2D eigenvalue weighted by molar-refractivity contribution is -0.148. The number of ether oxygens (including phenoxy) is 1. The molecule has 0 aliphatic rings. The minimum Gasteiger partial charge on any atom is -0.449 e. The van der Waals surface area contributed by atoms with Crippen molar-refractivity contribution in [2.24, 2.45) is 0 Å². The summed E-state index contributed by atoms with van der Waals surface area (Å²) < 4.78 is 43.9. The van der Waals surface area contributed by atoms with Gasteiger partial charge in [0.1, 0.15) is 0 Å². The highest BCUT2D eigenvalue weighted by Gasteiger charge is 2.20. The summed E-state index contributed by atoms with van der Waals surface area (Å²) in [6.45, 7) is 3.01. The number of hydrogen-bond acceptors (Lipinski definition) is 3. The van der Waals surface area contributed by atoms with Crippen molar-refractivity contribution in [3.05, 3.63) is 53.9 Å². The molecule has 0 saturated carbocycles. The summed E-state index contributed by atoms with van der Waals surface area (Å²) in [6.07, 6.45) is 4.55. The fourth-order valence-corrected chi connectivity index (χ4v) is 1.37. The second kappa shape index (κ2) is 8.02. The maximum absolute atomic E-state index is 13.4. The van der Waals surface area contributed by atoms with Crippen molar-refractivity contribution in [2.45, 2.75) is 20.0 Å². The van der Waals surface area contributed by atoms with E-state index in [2.05, 4.69) is 0 Å². The number of hydrogen-bond donors (Lipinski definition) is 1. The third-order valence-corrected chi connectivity index (χ3v) is 2.49. The lowest BCUT2D eigenvalue weighted by atomic mass is 10.2. The molecule has 0 aliphatic heterocycles. The maximum Gasteiger partial charge on any atom is 0.331 e. The molecule has 0 aliphatic carbocycles. The smallest absolute Gasteiger partial charge is 0.331 e. The quantitative estimate of drug-likeness (QED) is 0.393. The summed E-state index contributed by atoms with van der Waals surface area (Å²) in [4.78, 5) is 23.1. The largest absolute Gasteiger partial charge is 0.449 e. The predicted molar refractivity (Wildman–Crippen MR) is 74.5 cm³/mol. The first-order valence-electron chi connectivity index (χ1n) is 6.31. The van der Waals surface area contributed by atoms with Crippen molar-refractivity contribution in [2.75, 3.05) is 5.32 Å². The van der Waals surface area contributed by atoms with Crippen LogP contribution >= 0.6 is 0 Å². The van der Waals surface area contributed by atoms with Crippen LogP contribution in [0.15, 0.2) is 36.4 Å². The number of halogens is 3. The zero-order valence-electron chi connectivity index (χ0n) is 11.9. The molecule has 1 aromatic rings. The second-order valence-electron chi connectivity index (χ2n) is 4.18. The molecule has 0 bridgehead atoms. The van der Waals surface area contributed by atoms with Crippen molar-refractivity contribution in [3.63, 3.8) is 0 Å². The molecule has 1 amide bonds. The average Bonchev–Trinajstić information content (AvgIpc) is 2.48. The molecular weight excluding hydrogens is 299 g/mol. The number of rotatable bonds is 5. The van der Waals surface area contributed by atoms with E-state index in [0.29, 0.717) is 6.07 Å². The molecule has 4 nitrogen and oxygen atoms in total. The van der Waals surface area contributed by atoms with Gasteiger partial charge in [-0.1, -0.05) is 18.2 Å². The molecule has 0 spiro atoms. The van der Waals surface area contributed by atoms with Crippen LogP contribution in [0.2, 0.25) is 0 Å². The lowest BCUT2D eigenvalue weighted by Crippen LogP contribution is -2.29. The summed E-state index contributed by atoms with van der Waals surface area (Å²) in [5.74, 6) is -6.25. The van der Waals surface area contributed by atoms with Crippen molar-refractivity contribution < 1.29 is 27.5 Å². The number of esters is 1. The van der Waals surface area contributed by atoms with Gasteiger partial charge in [-0.2, -0.15) is 0 Å². The Balaban J connectivity index is 2.69. The fourth-order valence-electron chi connectivity index (χ4n) is 1.37. The van der Waals surface area contributed by atoms with Crippen LogP contribution in [0.5, 0.6) is 0 Å². The zero-order valence-corrected chi connectivity index (χ0v) is 11.9. The van der Waals surface area contributed by atoms with Gasteiger partial charge in [0, 0.05) is 6.08 Å². The Bertz CT molecular complexity index is 627. The molecule has 0 unspecified atom stereocenters. The Morgan fingerprint density at radius 1 is 1.18 bits per heavy atom. The van der Waals surface area contributed by atoms with Crippen LogP contribution in [0.25, 0.3) is 0 Å². The standard InChI is InChI=1S/C15H14F3NO3/c1-3-4-5-6-12(20)22-9(2)15(21)19-11-8-7-10(16)13(17)14(11)18/h3-9H,1-2H3,(H,19,21)/b4-3+,6-5+/t9-/m0/s1. The van der Waals surface area contributed by atoms with Crippen LogP contribution in [-0.2, 0) is 14.3 Å². The van der Waals surface area contributed by atoms with Gasteiger partial charge in [0.25, 0.3) is 5.91 Å². The third kappa shape index (κ3) is 4.76. The first-order valence-corrected chi connectivity index (χ1v) is 6.31. The van der Waals surface area contributed by atoms with Gasteiger partial charge >= 0.3 is 5.97 Å². The molecule has 1 rings (SSSR count). The van der Waals surface area contributed by atoms with Gasteiger partial charge in [-0.05, 0) is 26.0 Å². The molecule has 0 radical (unpaired) electrons. The van der Waals surface area contributed by atoms with E-state index in [9.17, 15) is 22.8 Å². The fraction of sp³-hybridized carbons (Fsp3) is 0.200. The molecule has 1 aromatic carbocycles. The number of allylic oxidation sites excluding steroid dienone is 3. The summed E-state index contributed by atoms with van der Waals surface area (Å²) in [5, 5.41) is 2.01. The van der Waals surface area contributed by atoms with E-state index >= 15 is 0 Å². The maximum atomic E-state index is 13.4. The van der Waals surface area contributed by atoms with E-state index in [-0.39, 0.29) is 0 Å². The van der Waals surface area contributed by atoms with Crippen molar-refractivity contribution >= 4 is 17.6 Å². The van der Waals surface area contributed by atoms with E-state index in [4.69, 9.17) is 4.74 Å². The van der Waals surface area contributed by atoms with Gasteiger partial charge in [0.05, 0.1) is 5.69 Å². The van der Waals surface area contributed by atoms with Gasteiger partial charge < -0.3 is 10.1 Å². The van der Waals surface area contributed by atoms with Crippen LogP contribution < -0.4 is 5.32 Å². The SMILES string of the molecule is C/C=C/C=C/C(=O)O[C@@H](C)C(=O)Nc1ccc(F)c(F)c1F. The Kier molecular flexibility index (Phi) is 6.37. The Hall–Kier alpha value is -2.57. The first-order chi connectivity index (χ1) is 10.4. The Labute approximate surface area is 125 Å². The van der Waals surface area contributed by atoms with Crippen LogP contribution in [-0.4, -0.2) is 18.0 Å². The van der Waals surface area contributed by atoms with E-state index in [1.165, 1.54) is 13.0 Å². The predicted octanol–water partition coefficient (Wildman–Crippen LogP) is 3.11. The highest BCUT2D eigenvalue weighted by Crippen LogP contribution is 2.19. The molecule has 0 heterocycles. The lowest BCUT2D eigenvalue weighted by Gasteiger charge is -2.13. The summed E-state index contributed by atoms with van der Waals surface area (Å²) >= 11 is 0. The number of carbonyl (C=O) groups is 2. The topological polar surface area (TPSA) is 55.4 Å². The molecule has 0 fully saturated rings. The monoisotopic (exact) mass is 313 g/mol. The van der Waals surface area contributed by atoms with Gasteiger partial charge in [0.15, 0.2) is 23.6 Å². The van der Waals surface area contributed by atoms with Crippen LogP contribution in [0, 0.1) is 17.5 Å². The van der Waals surface area contributed by atoms with Crippen molar-refractivity contribution in [1.29, 1.82) is 0 Å². The van der Waals surface area contributed by atoms with E-state index < -0.39 is 41.1 Å². The second-order valence-corrected chi connectivity index (χ2v) is 4.18. The van der Waals surface area contributed by atoms with Gasteiger partial charge in [-0.25, -0.2) is 18.0 Å². The number of nitrogens with one attached hydrogen (secondary N) is 1. The van der Waals surface area contributed by atoms with Crippen molar-refractivity contribution in [1.82, 2.24) is 0 Å². The van der Waals surface area contributed by atoms with Gasteiger partial charge in [0.2, 0.25) is 0 Å². The zero-order chi connectivity index (χ0) is 16.7. The highest BCUT2D eigenvalue weighted by atomic mass is 19.2. The minimum atomic E-state index is -1.70. The van der Waals surface area contributed by atoms with E-state index in [1.54, 1.807) is 19.1 Å². The summed E-state index contributed by atoms with van der Waals surface area (Å²) in [6, 6.07) is 1.54. The number of carbonyl (C=O) groups excluding carboxylic acids is 2. The molecule has 0 aromatic heterocycles. The molecule has 118 valence electrons. The van der Waals surface area contributed by atoms with Gasteiger partial charge in [-0.15, -0.1) is 0 Å². The number of anilines is 1. The van der Waals surface area contributed by atoms with Gasteiger partial charge in [-0.3, -0.25) is 4.79 Å². The molecule has 0 saturated heterocycles. The Morgan fingerprint density at radius 3 is 2.50 bits per heavy atom. The van der Waals surface area contributed by atoms with Crippen LogP contribution in [0.1, 0.15) is 13.8 Å². The number of benzene rings is 1. The number of amides is 1. The molecular formula is C15H14F3NO3. The summed E-state index contributed by atoms with van der Waals surface area (Å²) in [7, 11) is 0. The molecule has 7 heteroatoms. The first kappa shape index (κ1) is 17.5. The highest BCUT2D eigenvalue weighted by molar-refractivity contribution is 5.96. The van der Waals surface area contributed by atoms with Crippen LogP contribution in [0.4, 0.5) is 18.9 Å². The minimum absolute atomic E-state index is 0.545.